The molecule has 0 aliphatic heterocycles. The Morgan fingerprint density at radius 2 is 1.58 bits per heavy atom. The number of hydrogen-bond donors (Lipinski definition) is 2. The molecule has 5 nitrogen and oxygen atoms in total. The van der Waals surface area contributed by atoms with Crippen molar-refractivity contribution in [3.8, 4) is 0 Å². The Bertz CT molecular complexity index is 1350. The van der Waals surface area contributed by atoms with Gasteiger partial charge in [-0.3, -0.25) is 9.59 Å². The Hall–Kier alpha value is -3.19. The van der Waals surface area contributed by atoms with Gasteiger partial charge in [-0.05, 0) is 43.2 Å². The number of anilines is 1. The maximum atomic E-state index is 13.5. The number of carbonyl (C=O) groups is 2. The predicted molar refractivity (Wildman–Crippen MR) is 122 cm³/mol. The largest absolute Gasteiger partial charge is 0.460 e. The standard InChI is InChI=1S/C22H15ClF7N3O2S/c1-10-3-8-14-15(9-10)36-17(16(14)23)18(34)33-32-11(2)12-4-6-13(7-5-12)31-19(35)20(24,25)21(26,27)22(28,29)30/h3-9H,1-2H3,(H,31,35)(H,33,34)/b32-11-. The molecular formula is C22H15ClF7N3O2S. The van der Waals surface area contributed by atoms with Gasteiger partial charge in [0.1, 0.15) is 4.88 Å². The number of nitrogens with one attached hydrogen (secondary N) is 2. The van der Waals surface area contributed by atoms with Crippen LogP contribution in [0.15, 0.2) is 47.6 Å². The number of hydrogen-bond acceptors (Lipinski definition) is 4. The highest BCUT2D eigenvalue weighted by Gasteiger charge is 2.76. The third-order valence-electron chi connectivity index (χ3n) is 4.91. The number of thiophene rings is 1. The van der Waals surface area contributed by atoms with Gasteiger partial charge in [-0.2, -0.15) is 35.8 Å². The number of rotatable bonds is 6. The molecule has 36 heavy (non-hydrogen) atoms. The SMILES string of the molecule is C/C(=N/NC(=O)c1sc2cc(C)ccc2c1Cl)c1ccc(NC(=O)C(F)(F)C(F)(F)C(F)(F)F)cc1. The van der Waals surface area contributed by atoms with Crippen molar-refractivity contribution in [1.82, 2.24) is 5.43 Å². The summed E-state index contributed by atoms with van der Waals surface area (Å²) in [5, 5.41) is 6.21. The fourth-order valence-corrected chi connectivity index (χ4v) is 4.40. The average Bonchev–Trinajstić information content (AvgIpc) is 3.12. The zero-order valence-electron chi connectivity index (χ0n) is 18.2. The summed E-state index contributed by atoms with van der Waals surface area (Å²) in [6.45, 7) is 3.36. The van der Waals surface area contributed by atoms with Crippen molar-refractivity contribution >= 4 is 56.2 Å². The van der Waals surface area contributed by atoms with Crippen LogP contribution < -0.4 is 10.7 Å². The zero-order chi connectivity index (χ0) is 27.1. The fraction of sp³-hybridized carbons (Fsp3) is 0.227. The quantitative estimate of drug-likeness (QED) is 0.200. The summed E-state index contributed by atoms with van der Waals surface area (Å²) in [5.74, 6) is -16.0. The zero-order valence-corrected chi connectivity index (χ0v) is 19.8. The Kier molecular flexibility index (Phi) is 7.38. The van der Waals surface area contributed by atoms with Gasteiger partial charge in [0.2, 0.25) is 0 Å². The monoisotopic (exact) mass is 553 g/mol. The fourth-order valence-electron chi connectivity index (χ4n) is 2.89. The summed E-state index contributed by atoms with van der Waals surface area (Å²) < 4.78 is 90.5. The summed E-state index contributed by atoms with van der Waals surface area (Å²) in [6.07, 6.45) is -6.63. The van der Waals surface area contributed by atoms with Crippen LogP contribution in [-0.4, -0.2) is 35.5 Å². The van der Waals surface area contributed by atoms with Gasteiger partial charge in [-0.15, -0.1) is 11.3 Å². The Morgan fingerprint density at radius 1 is 0.972 bits per heavy atom. The maximum absolute atomic E-state index is 13.5. The molecule has 0 saturated heterocycles. The van der Waals surface area contributed by atoms with Gasteiger partial charge in [0, 0.05) is 15.8 Å². The molecule has 0 radical (unpaired) electrons. The molecule has 192 valence electrons. The second-order valence-electron chi connectivity index (χ2n) is 7.56. The molecule has 0 saturated carbocycles. The van der Waals surface area contributed by atoms with Gasteiger partial charge in [0.25, 0.3) is 5.91 Å². The van der Waals surface area contributed by atoms with Crippen LogP contribution in [0.4, 0.5) is 36.4 Å². The van der Waals surface area contributed by atoms with Crippen LogP contribution in [-0.2, 0) is 4.79 Å². The molecule has 1 heterocycles. The number of benzene rings is 2. The van der Waals surface area contributed by atoms with Gasteiger partial charge in [-0.25, -0.2) is 5.43 Å². The van der Waals surface area contributed by atoms with Crippen LogP contribution in [0.1, 0.15) is 27.7 Å². The van der Waals surface area contributed by atoms with Crippen LogP contribution in [0.2, 0.25) is 5.02 Å². The first-order valence-electron chi connectivity index (χ1n) is 9.83. The van der Waals surface area contributed by atoms with E-state index in [9.17, 15) is 40.3 Å². The molecule has 0 unspecified atom stereocenters. The van der Waals surface area contributed by atoms with E-state index in [4.69, 9.17) is 11.6 Å². The van der Waals surface area contributed by atoms with Crippen molar-refractivity contribution in [3.63, 3.8) is 0 Å². The first kappa shape index (κ1) is 27.4. The summed E-state index contributed by atoms with van der Waals surface area (Å²) in [4.78, 5) is 24.2. The van der Waals surface area contributed by atoms with E-state index < -0.39 is 35.5 Å². The summed E-state index contributed by atoms with van der Waals surface area (Å²) >= 11 is 7.45. The molecular weight excluding hydrogens is 539 g/mol. The molecule has 0 aliphatic rings. The topological polar surface area (TPSA) is 70.6 Å². The third-order valence-corrected chi connectivity index (χ3v) is 6.57. The molecule has 1 aromatic heterocycles. The number of halogens is 8. The van der Waals surface area contributed by atoms with E-state index in [2.05, 4.69) is 10.5 Å². The predicted octanol–water partition coefficient (Wildman–Crippen LogP) is 6.79. The van der Waals surface area contributed by atoms with Crippen molar-refractivity contribution in [2.24, 2.45) is 5.10 Å². The molecule has 0 aliphatic carbocycles. The Balaban J connectivity index is 1.70. The third kappa shape index (κ3) is 5.16. The minimum Gasteiger partial charge on any atom is -0.321 e. The van der Waals surface area contributed by atoms with E-state index in [0.29, 0.717) is 10.9 Å². The normalized spacial score (nSPS) is 13.1. The molecule has 2 aromatic carbocycles. The molecule has 0 bridgehead atoms. The second kappa shape index (κ2) is 9.69. The van der Waals surface area contributed by atoms with Gasteiger partial charge in [0.05, 0.1) is 10.7 Å². The van der Waals surface area contributed by atoms with Crippen LogP contribution >= 0.6 is 22.9 Å². The van der Waals surface area contributed by atoms with E-state index in [1.165, 1.54) is 35.7 Å². The first-order valence-corrected chi connectivity index (χ1v) is 11.0. The van der Waals surface area contributed by atoms with Crippen molar-refractivity contribution in [2.75, 3.05) is 5.32 Å². The van der Waals surface area contributed by atoms with Gasteiger partial charge < -0.3 is 5.32 Å². The number of fused-ring (bicyclic) bond motifs is 1. The molecule has 2 N–H and O–H groups in total. The maximum Gasteiger partial charge on any atom is 0.460 e. The minimum atomic E-state index is -6.63. The Morgan fingerprint density at radius 3 is 2.17 bits per heavy atom. The van der Waals surface area contributed by atoms with E-state index >= 15 is 0 Å². The lowest BCUT2D eigenvalue weighted by Crippen LogP contribution is -2.57. The molecule has 0 spiro atoms. The van der Waals surface area contributed by atoms with Crippen LogP contribution in [0, 0.1) is 6.92 Å². The average molecular weight is 554 g/mol. The van der Waals surface area contributed by atoms with Gasteiger partial charge >= 0.3 is 23.9 Å². The minimum absolute atomic E-state index is 0.225. The molecule has 3 aromatic rings. The highest BCUT2D eigenvalue weighted by molar-refractivity contribution is 7.21. The lowest BCUT2D eigenvalue weighted by atomic mass is 10.1. The summed E-state index contributed by atoms with van der Waals surface area (Å²) in [5.41, 5.74) is 3.39. The smallest absolute Gasteiger partial charge is 0.321 e. The molecule has 3 rings (SSSR count). The van der Waals surface area contributed by atoms with Gasteiger partial charge in [-0.1, -0.05) is 35.9 Å². The van der Waals surface area contributed by atoms with Gasteiger partial charge in [0.15, 0.2) is 0 Å². The molecule has 14 heteroatoms. The summed E-state index contributed by atoms with van der Waals surface area (Å²) in [7, 11) is 0. The Labute approximate surface area is 207 Å². The number of nitrogens with zero attached hydrogens (tertiary/aromatic N) is 1. The van der Waals surface area contributed by atoms with E-state index in [-0.39, 0.29) is 15.6 Å². The molecule has 0 atom stereocenters. The van der Waals surface area contributed by atoms with Crippen molar-refractivity contribution in [2.45, 2.75) is 31.9 Å². The summed E-state index contributed by atoms with van der Waals surface area (Å²) in [6, 6.07) is 9.92. The van der Waals surface area contributed by atoms with Crippen molar-refractivity contribution in [3.05, 3.63) is 63.5 Å². The van der Waals surface area contributed by atoms with Crippen LogP contribution in [0.5, 0.6) is 0 Å². The van der Waals surface area contributed by atoms with E-state index in [1.54, 1.807) is 6.07 Å². The van der Waals surface area contributed by atoms with Crippen molar-refractivity contribution in [1.29, 1.82) is 0 Å². The second-order valence-corrected chi connectivity index (χ2v) is 8.99. The molecule has 2 amide bonds. The number of carbonyl (C=O) groups excluding carboxylic acids is 2. The van der Waals surface area contributed by atoms with E-state index in [0.717, 1.165) is 22.4 Å². The number of hydrazone groups is 1. The van der Waals surface area contributed by atoms with E-state index in [1.807, 2.05) is 19.1 Å². The lowest BCUT2D eigenvalue weighted by molar-refractivity contribution is -0.343. The first-order chi connectivity index (χ1) is 16.6. The van der Waals surface area contributed by atoms with Crippen molar-refractivity contribution < 1.29 is 40.3 Å². The highest BCUT2D eigenvalue weighted by atomic mass is 35.5. The molecule has 0 fully saturated rings. The van der Waals surface area contributed by atoms with Crippen LogP contribution in [0.25, 0.3) is 10.1 Å². The lowest BCUT2D eigenvalue weighted by Gasteiger charge is -2.27. The van der Waals surface area contributed by atoms with Crippen LogP contribution in [0.3, 0.4) is 0 Å². The number of amides is 2. The number of alkyl halides is 7. The number of aryl methyl sites for hydroxylation is 1. The highest BCUT2D eigenvalue weighted by Crippen LogP contribution is 2.46.